The second kappa shape index (κ2) is 8.39. The molecule has 2 N–H and O–H groups in total. The van der Waals surface area contributed by atoms with Gasteiger partial charge in [0.25, 0.3) is 0 Å². The molecule has 25 heavy (non-hydrogen) atoms. The molecule has 0 unspecified atom stereocenters. The van der Waals surface area contributed by atoms with Crippen LogP contribution in [0.4, 0.5) is 10.5 Å². The summed E-state index contributed by atoms with van der Waals surface area (Å²) in [6.07, 6.45) is 6.45. The Bertz CT molecular complexity index is 816. The number of nitrogens with zero attached hydrogens (tertiary/aromatic N) is 2. The Morgan fingerprint density at radius 3 is 2.72 bits per heavy atom. The maximum Gasteiger partial charge on any atom is 0.319 e. The van der Waals surface area contributed by atoms with Crippen molar-refractivity contribution in [3.63, 3.8) is 0 Å². The van der Waals surface area contributed by atoms with Crippen LogP contribution in [0, 0.1) is 0 Å². The highest BCUT2D eigenvalue weighted by Crippen LogP contribution is 2.18. The minimum atomic E-state index is -0.189. The fraction of sp³-hybridized carbons (Fsp3) is 0.158. The first-order valence-electron chi connectivity index (χ1n) is 8.02. The molecular formula is C19H20N4OS. The summed E-state index contributed by atoms with van der Waals surface area (Å²) in [6.45, 7) is 0.579. The molecule has 5 nitrogen and oxygen atoms in total. The molecular weight excluding hydrogens is 332 g/mol. The fourth-order valence-electron chi connectivity index (χ4n) is 2.43. The molecule has 128 valence electrons. The molecule has 1 heterocycles. The van der Waals surface area contributed by atoms with Gasteiger partial charge in [0.2, 0.25) is 0 Å². The topological polar surface area (TPSA) is 59.0 Å². The Labute approximate surface area is 151 Å². The Hall–Kier alpha value is -2.73. The number of anilines is 1. The van der Waals surface area contributed by atoms with E-state index in [2.05, 4.69) is 27.9 Å². The quantitative estimate of drug-likeness (QED) is 0.660. The molecule has 0 aliphatic carbocycles. The summed E-state index contributed by atoms with van der Waals surface area (Å²) in [5.74, 6) is 0. The number of hydrogen-bond donors (Lipinski definition) is 2. The second-order valence-corrected chi connectivity index (χ2v) is 6.36. The molecule has 0 atom stereocenters. The molecule has 0 aliphatic rings. The van der Waals surface area contributed by atoms with Gasteiger partial charge in [-0.3, -0.25) is 0 Å². The SMILES string of the molecule is CSc1cccc(NC(=O)NCCc2ccc(-n3cccn3)cc2)c1. The van der Waals surface area contributed by atoms with Crippen molar-refractivity contribution in [3.05, 3.63) is 72.6 Å². The largest absolute Gasteiger partial charge is 0.338 e. The van der Waals surface area contributed by atoms with E-state index < -0.39 is 0 Å². The molecule has 1 aromatic heterocycles. The van der Waals surface area contributed by atoms with Gasteiger partial charge in [-0.05, 0) is 54.6 Å². The Morgan fingerprint density at radius 2 is 2.00 bits per heavy atom. The zero-order valence-electron chi connectivity index (χ0n) is 14.0. The molecule has 0 aliphatic heterocycles. The molecule has 0 spiro atoms. The number of rotatable bonds is 6. The van der Waals surface area contributed by atoms with E-state index in [0.717, 1.165) is 22.7 Å². The van der Waals surface area contributed by atoms with Crippen molar-refractivity contribution in [3.8, 4) is 5.69 Å². The van der Waals surface area contributed by atoms with Gasteiger partial charge >= 0.3 is 6.03 Å². The van der Waals surface area contributed by atoms with E-state index >= 15 is 0 Å². The van der Waals surface area contributed by atoms with Crippen LogP contribution in [-0.2, 0) is 6.42 Å². The lowest BCUT2D eigenvalue weighted by molar-refractivity contribution is 0.252. The van der Waals surface area contributed by atoms with Gasteiger partial charge in [0.15, 0.2) is 0 Å². The van der Waals surface area contributed by atoms with E-state index in [-0.39, 0.29) is 6.03 Å². The lowest BCUT2D eigenvalue weighted by Gasteiger charge is -2.09. The van der Waals surface area contributed by atoms with Gasteiger partial charge in [-0.2, -0.15) is 5.10 Å². The first-order chi connectivity index (χ1) is 12.2. The van der Waals surface area contributed by atoms with Crippen molar-refractivity contribution in [2.75, 3.05) is 18.1 Å². The Balaban J connectivity index is 1.46. The van der Waals surface area contributed by atoms with Crippen LogP contribution in [0.2, 0.25) is 0 Å². The summed E-state index contributed by atoms with van der Waals surface area (Å²) >= 11 is 1.65. The number of nitrogens with one attached hydrogen (secondary N) is 2. The molecule has 0 saturated carbocycles. The lowest BCUT2D eigenvalue weighted by atomic mass is 10.1. The summed E-state index contributed by atoms with van der Waals surface area (Å²) in [4.78, 5) is 13.1. The van der Waals surface area contributed by atoms with Crippen LogP contribution >= 0.6 is 11.8 Å². The van der Waals surface area contributed by atoms with Crippen molar-refractivity contribution >= 4 is 23.5 Å². The van der Waals surface area contributed by atoms with Crippen molar-refractivity contribution in [2.24, 2.45) is 0 Å². The number of benzene rings is 2. The van der Waals surface area contributed by atoms with Gasteiger partial charge in [-0.25, -0.2) is 9.48 Å². The van der Waals surface area contributed by atoms with Crippen molar-refractivity contribution in [1.29, 1.82) is 0 Å². The third-order valence-electron chi connectivity index (χ3n) is 3.73. The third-order valence-corrected chi connectivity index (χ3v) is 4.46. The van der Waals surface area contributed by atoms with Crippen molar-refractivity contribution < 1.29 is 4.79 Å². The number of urea groups is 1. The molecule has 2 aromatic carbocycles. The predicted octanol–water partition coefficient (Wildman–Crippen LogP) is 3.96. The van der Waals surface area contributed by atoms with Crippen molar-refractivity contribution in [1.82, 2.24) is 15.1 Å². The van der Waals surface area contributed by atoms with Crippen LogP contribution < -0.4 is 10.6 Å². The van der Waals surface area contributed by atoms with Gasteiger partial charge in [0.1, 0.15) is 0 Å². The van der Waals surface area contributed by atoms with E-state index in [1.54, 1.807) is 18.0 Å². The lowest BCUT2D eigenvalue weighted by Crippen LogP contribution is -2.30. The van der Waals surface area contributed by atoms with Crippen LogP contribution in [0.5, 0.6) is 0 Å². The van der Waals surface area contributed by atoms with E-state index in [9.17, 15) is 4.79 Å². The highest BCUT2D eigenvalue weighted by molar-refractivity contribution is 7.98. The minimum Gasteiger partial charge on any atom is -0.338 e. The molecule has 2 amide bonds. The van der Waals surface area contributed by atoms with Crippen molar-refractivity contribution in [2.45, 2.75) is 11.3 Å². The summed E-state index contributed by atoms with van der Waals surface area (Å²) in [5, 5.41) is 9.94. The predicted molar refractivity (Wildman–Crippen MR) is 103 cm³/mol. The maximum absolute atomic E-state index is 12.0. The Kier molecular flexibility index (Phi) is 5.74. The number of hydrogen-bond acceptors (Lipinski definition) is 3. The highest BCUT2D eigenvalue weighted by Gasteiger charge is 2.03. The fourth-order valence-corrected chi connectivity index (χ4v) is 2.89. The smallest absolute Gasteiger partial charge is 0.319 e. The zero-order chi connectivity index (χ0) is 17.5. The standard InChI is InChI=1S/C19H20N4OS/c1-25-18-5-2-4-16(14-18)22-19(24)20-12-10-15-6-8-17(9-7-15)23-13-3-11-21-23/h2-9,11,13-14H,10,12H2,1H3,(H2,20,22,24). The van der Waals surface area contributed by atoms with Gasteiger partial charge in [-0.1, -0.05) is 18.2 Å². The van der Waals surface area contributed by atoms with Crippen LogP contribution in [0.15, 0.2) is 71.9 Å². The first kappa shape index (κ1) is 17.1. The first-order valence-corrected chi connectivity index (χ1v) is 9.25. The monoisotopic (exact) mass is 352 g/mol. The molecule has 0 saturated heterocycles. The molecule has 3 rings (SSSR count). The second-order valence-electron chi connectivity index (χ2n) is 5.48. The minimum absolute atomic E-state index is 0.189. The van der Waals surface area contributed by atoms with Gasteiger partial charge in [-0.15, -0.1) is 11.8 Å². The summed E-state index contributed by atoms with van der Waals surface area (Å²) in [5.41, 5.74) is 2.99. The summed E-state index contributed by atoms with van der Waals surface area (Å²) in [6, 6.07) is 17.6. The summed E-state index contributed by atoms with van der Waals surface area (Å²) < 4.78 is 1.82. The molecule has 6 heteroatoms. The molecule has 0 fully saturated rings. The van der Waals surface area contributed by atoms with Crippen LogP contribution in [-0.4, -0.2) is 28.6 Å². The summed E-state index contributed by atoms with van der Waals surface area (Å²) in [7, 11) is 0. The maximum atomic E-state index is 12.0. The average molecular weight is 352 g/mol. The van der Waals surface area contributed by atoms with Gasteiger partial charge in [0.05, 0.1) is 5.69 Å². The average Bonchev–Trinajstić information content (AvgIpc) is 3.17. The molecule has 0 radical (unpaired) electrons. The van der Waals surface area contributed by atoms with E-state index in [1.807, 2.05) is 59.6 Å². The number of carbonyl (C=O) groups is 1. The third kappa shape index (κ3) is 4.87. The number of aromatic nitrogens is 2. The Morgan fingerprint density at radius 1 is 1.16 bits per heavy atom. The van der Waals surface area contributed by atoms with Crippen LogP contribution in [0.1, 0.15) is 5.56 Å². The van der Waals surface area contributed by atoms with Crippen LogP contribution in [0.3, 0.4) is 0 Å². The normalized spacial score (nSPS) is 10.4. The van der Waals surface area contributed by atoms with E-state index in [0.29, 0.717) is 6.54 Å². The van der Waals surface area contributed by atoms with E-state index in [1.165, 1.54) is 5.56 Å². The zero-order valence-corrected chi connectivity index (χ0v) is 14.8. The van der Waals surface area contributed by atoms with Gasteiger partial charge in [0, 0.05) is 29.5 Å². The number of carbonyl (C=O) groups excluding carboxylic acids is 1. The number of thioether (sulfide) groups is 1. The van der Waals surface area contributed by atoms with E-state index in [4.69, 9.17) is 0 Å². The molecule has 0 bridgehead atoms. The van der Waals surface area contributed by atoms with Crippen LogP contribution in [0.25, 0.3) is 5.69 Å². The highest BCUT2D eigenvalue weighted by atomic mass is 32.2. The molecule has 3 aromatic rings. The number of amides is 2. The van der Waals surface area contributed by atoms with Gasteiger partial charge < -0.3 is 10.6 Å².